The van der Waals surface area contributed by atoms with Crippen molar-refractivity contribution in [2.75, 3.05) is 19.0 Å². The van der Waals surface area contributed by atoms with E-state index in [0.717, 1.165) is 29.7 Å². The van der Waals surface area contributed by atoms with E-state index in [1.807, 2.05) is 72.9 Å². The highest BCUT2D eigenvalue weighted by Gasteiger charge is 2.34. The SMILES string of the molecule is COc1cccc(-n2cc(-c3ccc(Cl)cc3)nc2NC(=O)CN(Cc2ccccc2)C(=O)C2CC2)c1. The summed E-state index contributed by atoms with van der Waals surface area (Å²) in [5.41, 5.74) is 3.28. The summed E-state index contributed by atoms with van der Waals surface area (Å²) in [5.74, 6) is 0.730. The number of ether oxygens (including phenoxy) is 1. The number of benzene rings is 3. The molecule has 1 saturated carbocycles. The van der Waals surface area contributed by atoms with Crippen LogP contribution in [0.1, 0.15) is 18.4 Å². The molecule has 3 aromatic carbocycles. The first-order valence-electron chi connectivity index (χ1n) is 12.1. The summed E-state index contributed by atoms with van der Waals surface area (Å²) < 4.78 is 7.19. The van der Waals surface area contributed by atoms with E-state index < -0.39 is 0 Å². The number of carbonyl (C=O) groups excluding carboxylic acids is 2. The largest absolute Gasteiger partial charge is 0.497 e. The summed E-state index contributed by atoms with van der Waals surface area (Å²) in [6.45, 7) is 0.315. The lowest BCUT2D eigenvalue weighted by atomic mass is 10.2. The number of carbonyl (C=O) groups is 2. The molecule has 0 unspecified atom stereocenters. The molecule has 0 atom stereocenters. The third-order valence-electron chi connectivity index (χ3n) is 6.22. The molecule has 1 aliphatic rings. The Labute approximate surface area is 220 Å². The van der Waals surface area contributed by atoms with Crippen LogP contribution in [0, 0.1) is 5.92 Å². The van der Waals surface area contributed by atoms with Gasteiger partial charge in [0.25, 0.3) is 0 Å². The van der Waals surface area contributed by atoms with Crippen LogP contribution in [0.3, 0.4) is 0 Å². The van der Waals surface area contributed by atoms with Gasteiger partial charge in [-0.05, 0) is 42.7 Å². The van der Waals surface area contributed by atoms with Crippen molar-refractivity contribution in [3.8, 4) is 22.7 Å². The Hall–Kier alpha value is -4.10. The highest BCUT2D eigenvalue weighted by atomic mass is 35.5. The lowest BCUT2D eigenvalue weighted by Gasteiger charge is -2.22. The summed E-state index contributed by atoms with van der Waals surface area (Å²) in [4.78, 5) is 32.6. The molecule has 37 heavy (non-hydrogen) atoms. The Balaban J connectivity index is 1.42. The number of amides is 2. The fourth-order valence-corrected chi connectivity index (χ4v) is 4.25. The van der Waals surface area contributed by atoms with Crippen LogP contribution >= 0.6 is 11.6 Å². The Bertz CT molecular complexity index is 1400. The van der Waals surface area contributed by atoms with Crippen molar-refractivity contribution in [1.82, 2.24) is 14.5 Å². The third kappa shape index (κ3) is 6.01. The Kier molecular flexibility index (Phi) is 7.23. The number of aromatic nitrogens is 2. The van der Waals surface area contributed by atoms with Gasteiger partial charge in [-0.25, -0.2) is 4.98 Å². The maximum absolute atomic E-state index is 13.3. The lowest BCUT2D eigenvalue weighted by Crippen LogP contribution is -2.38. The fraction of sp³-hybridized carbons (Fsp3) is 0.207. The van der Waals surface area contributed by atoms with Crippen LogP contribution < -0.4 is 10.1 Å². The van der Waals surface area contributed by atoms with Crippen molar-refractivity contribution in [2.45, 2.75) is 19.4 Å². The zero-order chi connectivity index (χ0) is 25.8. The molecule has 1 heterocycles. The maximum Gasteiger partial charge on any atom is 0.246 e. The zero-order valence-electron chi connectivity index (χ0n) is 20.4. The topological polar surface area (TPSA) is 76.5 Å². The molecular formula is C29H27ClN4O3. The molecule has 2 amide bonds. The van der Waals surface area contributed by atoms with Crippen LogP contribution in [0.5, 0.6) is 5.75 Å². The third-order valence-corrected chi connectivity index (χ3v) is 6.47. The Morgan fingerprint density at radius 3 is 2.51 bits per heavy atom. The first-order chi connectivity index (χ1) is 18.0. The van der Waals surface area contributed by atoms with Gasteiger partial charge in [0.1, 0.15) is 12.3 Å². The quantitative estimate of drug-likeness (QED) is 0.316. The standard InChI is InChI=1S/C29H27ClN4O3/c1-37-25-9-5-8-24(16-25)34-18-26(21-12-14-23(30)15-13-21)31-29(34)32-27(35)19-33(28(36)22-10-11-22)17-20-6-3-2-4-7-20/h2-9,12-16,18,22H,10-11,17,19H2,1H3,(H,31,32,35). The van der Waals surface area contributed by atoms with Gasteiger partial charge in [0.15, 0.2) is 0 Å². The molecule has 0 radical (unpaired) electrons. The van der Waals surface area contributed by atoms with E-state index in [4.69, 9.17) is 21.3 Å². The van der Waals surface area contributed by atoms with E-state index in [1.165, 1.54) is 0 Å². The fourth-order valence-electron chi connectivity index (χ4n) is 4.13. The second-order valence-electron chi connectivity index (χ2n) is 9.03. The number of imidazole rings is 1. The van der Waals surface area contributed by atoms with Gasteiger partial charge >= 0.3 is 0 Å². The predicted octanol–water partition coefficient (Wildman–Crippen LogP) is 5.58. The van der Waals surface area contributed by atoms with Crippen LogP contribution in [0.2, 0.25) is 5.02 Å². The number of hydrogen-bond donors (Lipinski definition) is 1. The first-order valence-corrected chi connectivity index (χ1v) is 12.5. The van der Waals surface area contributed by atoms with Gasteiger partial charge in [-0.1, -0.05) is 60.1 Å². The lowest BCUT2D eigenvalue weighted by molar-refractivity contribution is -0.136. The number of nitrogens with one attached hydrogen (secondary N) is 1. The van der Waals surface area contributed by atoms with Crippen molar-refractivity contribution in [3.63, 3.8) is 0 Å². The minimum Gasteiger partial charge on any atom is -0.497 e. The molecule has 188 valence electrons. The summed E-state index contributed by atoms with van der Waals surface area (Å²) >= 11 is 6.06. The smallest absolute Gasteiger partial charge is 0.246 e. The molecule has 5 rings (SSSR count). The number of hydrogen-bond acceptors (Lipinski definition) is 4. The molecule has 1 N–H and O–H groups in total. The molecule has 4 aromatic rings. The summed E-state index contributed by atoms with van der Waals surface area (Å²) in [6, 6.07) is 24.5. The summed E-state index contributed by atoms with van der Waals surface area (Å²) in [7, 11) is 1.60. The van der Waals surface area contributed by atoms with Gasteiger partial charge in [0, 0.05) is 35.3 Å². The Morgan fingerprint density at radius 1 is 1.05 bits per heavy atom. The number of halogens is 1. The van der Waals surface area contributed by atoms with E-state index in [1.54, 1.807) is 28.7 Å². The van der Waals surface area contributed by atoms with E-state index in [-0.39, 0.29) is 24.3 Å². The second kappa shape index (κ2) is 10.9. The Morgan fingerprint density at radius 2 is 1.81 bits per heavy atom. The molecule has 7 nitrogen and oxygen atoms in total. The number of methoxy groups -OCH3 is 1. The molecule has 0 aliphatic heterocycles. The van der Waals surface area contributed by atoms with E-state index in [9.17, 15) is 9.59 Å². The molecule has 1 fully saturated rings. The van der Waals surface area contributed by atoms with Crippen LogP contribution in [0.15, 0.2) is 85.1 Å². The van der Waals surface area contributed by atoms with Crippen molar-refractivity contribution in [2.24, 2.45) is 5.92 Å². The molecule has 1 aliphatic carbocycles. The van der Waals surface area contributed by atoms with E-state index in [2.05, 4.69) is 5.32 Å². The van der Waals surface area contributed by atoms with Gasteiger partial charge in [0.2, 0.25) is 17.8 Å². The van der Waals surface area contributed by atoms with Crippen molar-refractivity contribution < 1.29 is 14.3 Å². The normalized spacial score (nSPS) is 12.7. The van der Waals surface area contributed by atoms with Gasteiger partial charge in [0.05, 0.1) is 18.5 Å². The number of rotatable bonds is 9. The van der Waals surface area contributed by atoms with Gasteiger partial charge in [-0.15, -0.1) is 0 Å². The average Bonchev–Trinajstić information content (AvgIpc) is 3.69. The molecular weight excluding hydrogens is 488 g/mol. The van der Waals surface area contributed by atoms with E-state index >= 15 is 0 Å². The second-order valence-corrected chi connectivity index (χ2v) is 9.47. The summed E-state index contributed by atoms with van der Waals surface area (Å²) in [6.07, 6.45) is 3.59. The molecule has 0 bridgehead atoms. The monoisotopic (exact) mass is 514 g/mol. The molecule has 8 heteroatoms. The van der Waals surface area contributed by atoms with Crippen LogP contribution in [0.4, 0.5) is 5.95 Å². The van der Waals surface area contributed by atoms with Gasteiger partial charge in [-0.3, -0.25) is 19.5 Å². The van der Waals surface area contributed by atoms with Gasteiger partial charge in [-0.2, -0.15) is 0 Å². The van der Waals surface area contributed by atoms with Gasteiger partial charge < -0.3 is 9.64 Å². The van der Waals surface area contributed by atoms with Crippen LogP contribution in [-0.2, 0) is 16.1 Å². The molecule has 0 spiro atoms. The van der Waals surface area contributed by atoms with Crippen LogP contribution in [0.25, 0.3) is 16.9 Å². The minimum atomic E-state index is -0.317. The van der Waals surface area contributed by atoms with Crippen LogP contribution in [-0.4, -0.2) is 39.9 Å². The maximum atomic E-state index is 13.3. The average molecular weight is 515 g/mol. The van der Waals surface area contributed by atoms with Crippen molar-refractivity contribution in [1.29, 1.82) is 0 Å². The van der Waals surface area contributed by atoms with Crippen molar-refractivity contribution in [3.05, 3.63) is 95.6 Å². The highest BCUT2D eigenvalue weighted by molar-refractivity contribution is 6.30. The highest BCUT2D eigenvalue weighted by Crippen LogP contribution is 2.32. The molecule has 0 saturated heterocycles. The van der Waals surface area contributed by atoms with E-state index in [0.29, 0.717) is 29.0 Å². The van der Waals surface area contributed by atoms with Crippen molar-refractivity contribution >= 4 is 29.4 Å². The predicted molar refractivity (Wildman–Crippen MR) is 144 cm³/mol. The number of nitrogens with zero attached hydrogens (tertiary/aromatic N) is 3. The summed E-state index contributed by atoms with van der Waals surface area (Å²) in [5, 5.41) is 3.56. The zero-order valence-corrected chi connectivity index (χ0v) is 21.2. The first kappa shape index (κ1) is 24.6. The minimum absolute atomic E-state index is 0.00629. The number of anilines is 1. The molecule has 1 aromatic heterocycles.